The van der Waals surface area contributed by atoms with E-state index in [0.717, 1.165) is 5.56 Å². The first-order valence-corrected chi connectivity index (χ1v) is 4.77. The molecule has 4 heteroatoms. The number of aryl methyl sites for hydroxylation is 1. The van der Waals surface area contributed by atoms with E-state index in [0.29, 0.717) is 12.4 Å². The molecule has 0 spiro atoms. The molecule has 1 aliphatic rings. The van der Waals surface area contributed by atoms with E-state index in [1.165, 1.54) is 5.56 Å². The second-order valence-corrected chi connectivity index (χ2v) is 3.59. The lowest BCUT2D eigenvalue weighted by atomic mass is 10.1. The van der Waals surface area contributed by atoms with Gasteiger partial charge in [0.25, 0.3) is 0 Å². The maximum Gasteiger partial charge on any atom is 0.328 e. The topological polar surface area (TPSA) is 61.7 Å². The van der Waals surface area contributed by atoms with Gasteiger partial charge < -0.3 is 10.4 Å². The summed E-state index contributed by atoms with van der Waals surface area (Å²) in [6.07, 6.45) is 0. The van der Waals surface area contributed by atoms with Gasteiger partial charge in [-0.15, -0.1) is 0 Å². The van der Waals surface area contributed by atoms with Crippen LogP contribution in [0.25, 0.3) is 0 Å². The van der Waals surface area contributed by atoms with Crippen LogP contribution in [0.1, 0.15) is 11.1 Å². The second-order valence-electron chi connectivity index (χ2n) is 3.59. The van der Waals surface area contributed by atoms with Crippen molar-refractivity contribution in [2.24, 2.45) is 4.99 Å². The summed E-state index contributed by atoms with van der Waals surface area (Å²) in [5.41, 5.74) is 2.11. The van der Waals surface area contributed by atoms with Crippen molar-refractivity contribution in [3.63, 3.8) is 0 Å². The van der Waals surface area contributed by atoms with Gasteiger partial charge in [0.15, 0.2) is 0 Å². The number of hydrogen-bond acceptors (Lipinski definition) is 3. The van der Waals surface area contributed by atoms with Crippen molar-refractivity contribution in [2.75, 3.05) is 6.54 Å². The zero-order valence-electron chi connectivity index (χ0n) is 8.40. The summed E-state index contributed by atoms with van der Waals surface area (Å²) >= 11 is 0. The maximum atomic E-state index is 10.7. The van der Waals surface area contributed by atoms with Gasteiger partial charge >= 0.3 is 5.97 Å². The minimum atomic E-state index is -0.860. The largest absolute Gasteiger partial charge is 0.480 e. The summed E-state index contributed by atoms with van der Waals surface area (Å²) in [5, 5.41) is 11.7. The number of amidine groups is 1. The lowest BCUT2D eigenvalue weighted by Gasteiger charge is -2.06. The molecule has 2 rings (SSSR count). The first-order chi connectivity index (χ1) is 7.16. The molecule has 2 N–H and O–H groups in total. The molecule has 1 heterocycles. The fourth-order valence-electron chi connectivity index (χ4n) is 1.46. The fraction of sp³-hybridized carbons (Fsp3) is 0.273. The molecule has 0 aliphatic carbocycles. The average molecular weight is 204 g/mol. The van der Waals surface area contributed by atoms with Crippen LogP contribution in [0.2, 0.25) is 0 Å². The van der Waals surface area contributed by atoms with Crippen molar-refractivity contribution in [1.82, 2.24) is 5.32 Å². The normalized spacial score (nSPS) is 19.5. The minimum Gasteiger partial charge on any atom is -0.480 e. The smallest absolute Gasteiger partial charge is 0.328 e. The number of carbonyl (C=O) groups is 1. The number of nitrogens with zero attached hydrogens (tertiary/aromatic N) is 1. The SMILES string of the molecule is Cc1ccc(C2=NCC(C(=O)O)N2)cc1. The highest BCUT2D eigenvalue weighted by Crippen LogP contribution is 2.08. The molecule has 0 amide bonds. The number of hydrogen-bond donors (Lipinski definition) is 2. The molecule has 0 fully saturated rings. The zero-order chi connectivity index (χ0) is 10.8. The van der Waals surface area contributed by atoms with Crippen LogP contribution in [0.15, 0.2) is 29.3 Å². The van der Waals surface area contributed by atoms with E-state index in [9.17, 15) is 4.79 Å². The van der Waals surface area contributed by atoms with Crippen molar-refractivity contribution in [3.8, 4) is 0 Å². The van der Waals surface area contributed by atoms with Crippen LogP contribution < -0.4 is 5.32 Å². The van der Waals surface area contributed by atoms with Crippen molar-refractivity contribution < 1.29 is 9.90 Å². The van der Waals surface area contributed by atoms with Crippen LogP contribution in [0.5, 0.6) is 0 Å². The number of rotatable bonds is 2. The standard InChI is InChI=1S/C11H12N2O2/c1-7-2-4-8(5-3-7)10-12-6-9(13-10)11(14)15/h2-5,9H,6H2,1H3,(H,12,13)(H,14,15). The van der Waals surface area contributed by atoms with Crippen LogP contribution in [0.3, 0.4) is 0 Å². The predicted octanol–water partition coefficient (Wildman–Crippen LogP) is 0.798. The van der Waals surface area contributed by atoms with E-state index in [1.807, 2.05) is 31.2 Å². The van der Waals surface area contributed by atoms with Gasteiger partial charge in [-0.05, 0) is 6.92 Å². The molecular formula is C11H12N2O2. The molecule has 0 radical (unpaired) electrons. The first-order valence-electron chi connectivity index (χ1n) is 4.77. The quantitative estimate of drug-likeness (QED) is 0.749. The molecule has 0 saturated heterocycles. The Hall–Kier alpha value is -1.84. The summed E-state index contributed by atoms with van der Waals surface area (Å²) in [6.45, 7) is 2.31. The number of aliphatic carboxylic acids is 1. The lowest BCUT2D eigenvalue weighted by molar-refractivity contribution is -0.138. The summed E-state index contributed by atoms with van der Waals surface area (Å²) in [4.78, 5) is 14.9. The van der Waals surface area contributed by atoms with Crippen molar-refractivity contribution in [2.45, 2.75) is 13.0 Å². The molecule has 1 aliphatic heterocycles. The summed E-state index contributed by atoms with van der Waals surface area (Å²) < 4.78 is 0. The third-order valence-electron chi connectivity index (χ3n) is 2.37. The highest BCUT2D eigenvalue weighted by Gasteiger charge is 2.24. The van der Waals surface area contributed by atoms with Crippen LogP contribution in [0, 0.1) is 6.92 Å². The molecule has 78 valence electrons. The molecule has 0 saturated carbocycles. The van der Waals surface area contributed by atoms with Crippen LogP contribution in [0.4, 0.5) is 0 Å². The van der Waals surface area contributed by atoms with Gasteiger partial charge in [-0.3, -0.25) is 4.99 Å². The molecule has 1 atom stereocenters. The lowest BCUT2D eigenvalue weighted by Crippen LogP contribution is -2.37. The van der Waals surface area contributed by atoms with Gasteiger partial charge in [-0.25, -0.2) is 4.79 Å². The molecule has 4 nitrogen and oxygen atoms in total. The number of carboxylic acid groups (broad SMARTS) is 1. The van der Waals surface area contributed by atoms with E-state index in [1.54, 1.807) is 0 Å². The third kappa shape index (κ3) is 1.98. The molecule has 0 bridgehead atoms. The number of aliphatic imine (C=N–C) groups is 1. The van der Waals surface area contributed by atoms with Gasteiger partial charge in [0.05, 0.1) is 6.54 Å². The summed E-state index contributed by atoms with van der Waals surface area (Å²) in [5.74, 6) is -0.191. The van der Waals surface area contributed by atoms with Gasteiger partial charge in [-0.2, -0.15) is 0 Å². The molecule has 1 aromatic carbocycles. The Morgan fingerprint density at radius 2 is 2.13 bits per heavy atom. The number of carboxylic acids is 1. The van der Waals surface area contributed by atoms with Gasteiger partial charge in [0, 0.05) is 5.56 Å². The van der Waals surface area contributed by atoms with E-state index >= 15 is 0 Å². The Balaban J connectivity index is 2.14. The van der Waals surface area contributed by atoms with Gasteiger partial charge in [0.2, 0.25) is 0 Å². The molecular weight excluding hydrogens is 192 g/mol. The minimum absolute atomic E-state index is 0.304. The van der Waals surface area contributed by atoms with Gasteiger partial charge in [0.1, 0.15) is 11.9 Å². The monoisotopic (exact) mass is 204 g/mol. The summed E-state index contributed by atoms with van der Waals surface area (Å²) in [6, 6.07) is 7.25. The molecule has 1 aromatic rings. The number of benzene rings is 1. The highest BCUT2D eigenvalue weighted by molar-refractivity contribution is 6.02. The average Bonchev–Trinajstić information content (AvgIpc) is 2.68. The Labute approximate surface area is 87.7 Å². The zero-order valence-corrected chi connectivity index (χ0v) is 8.40. The Morgan fingerprint density at radius 1 is 1.47 bits per heavy atom. The summed E-state index contributed by atoms with van der Waals surface area (Å²) in [7, 11) is 0. The predicted molar refractivity (Wildman–Crippen MR) is 57.1 cm³/mol. The van der Waals surface area contributed by atoms with E-state index in [2.05, 4.69) is 10.3 Å². The number of nitrogens with one attached hydrogen (secondary N) is 1. The maximum absolute atomic E-state index is 10.7. The van der Waals surface area contributed by atoms with E-state index < -0.39 is 12.0 Å². The Morgan fingerprint density at radius 3 is 2.67 bits per heavy atom. The van der Waals surface area contributed by atoms with Crippen molar-refractivity contribution >= 4 is 11.8 Å². The molecule has 15 heavy (non-hydrogen) atoms. The van der Waals surface area contributed by atoms with E-state index in [4.69, 9.17) is 5.11 Å². The van der Waals surface area contributed by atoms with Crippen LogP contribution in [-0.4, -0.2) is 29.5 Å². The van der Waals surface area contributed by atoms with Crippen LogP contribution >= 0.6 is 0 Å². The van der Waals surface area contributed by atoms with Gasteiger partial charge in [-0.1, -0.05) is 29.8 Å². The Bertz CT molecular complexity index is 409. The second kappa shape index (κ2) is 3.73. The first kappa shape index (κ1) is 9.71. The van der Waals surface area contributed by atoms with E-state index in [-0.39, 0.29) is 0 Å². The fourth-order valence-corrected chi connectivity index (χ4v) is 1.46. The van der Waals surface area contributed by atoms with Crippen LogP contribution in [-0.2, 0) is 4.79 Å². The third-order valence-corrected chi connectivity index (χ3v) is 2.37. The Kier molecular flexibility index (Phi) is 2.41. The van der Waals surface area contributed by atoms with Crippen molar-refractivity contribution in [3.05, 3.63) is 35.4 Å². The molecule has 0 aromatic heterocycles. The van der Waals surface area contributed by atoms with Crippen molar-refractivity contribution in [1.29, 1.82) is 0 Å². The molecule has 1 unspecified atom stereocenters. The highest BCUT2D eigenvalue weighted by atomic mass is 16.4.